The van der Waals surface area contributed by atoms with Crippen LogP contribution in [0.3, 0.4) is 0 Å². The Morgan fingerprint density at radius 3 is 2.26 bits per heavy atom. The number of ether oxygens (including phenoxy) is 3. The van der Waals surface area contributed by atoms with Gasteiger partial charge in [-0.15, -0.1) is 0 Å². The van der Waals surface area contributed by atoms with E-state index in [1.54, 1.807) is 30.3 Å². The zero-order chi connectivity index (χ0) is 24.7. The number of carboxylic acid groups (broad SMARTS) is 1. The Hall–Kier alpha value is -3.84. The number of hydrogen-bond acceptors (Lipinski definition) is 11. The second-order valence-corrected chi connectivity index (χ2v) is 7.46. The van der Waals surface area contributed by atoms with Crippen molar-refractivity contribution >= 4 is 16.9 Å². The molecule has 0 saturated carbocycles. The summed E-state index contributed by atoms with van der Waals surface area (Å²) in [5.41, 5.74) is -0.985. The van der Waals surface area contributed by atoms with Crippen molar-refractivity contribution in [2.45, 2.75) is 30.7 Å². The predicted molar refractivity (Wildman–Crippen MR) is 113 cm³/mol. The van der Waals surface area contributed by atoms with Gasteiger partial charge in [0.1, 0.15) is 29.4 Å². The maximum Gasteiger partial charge on any atom is 0.335 e. The number of fused-ring (bicyclic) bond motifs is 1. The molecule has 1 saturated heterocycles. The quantitative estimate of drug-likeness (QED) is 0.292. The number of aliphatic hydroxyl groups excluding tert-OH is 3. The van der Waals surface area contributed by atoms with E-state index in [1.807, 2.05) is 0 Å². The summed E-state index contributed by atoms with van der Waals surface area (Å²) in [4.78, 5) is 24.8. The van der Waals surface area contributed by atoms with Crippen molar-refractivity contribution in [3.8, 4) is 34.3 Å². The Labute approximate surface area is 190 Å². The van der Waals surface area contributed by atoms with Gasteiger partial charge >= 0.3 is 5.97 Å². The summed E-state index contributed by atoms with van der Waals surface area (Å²) in [5.74, 6) is -3.89. The lowest BCUT2D eigenvalue weighted by Gasteiger charge is -2.38. The van der Waals surface area contributed by atoms with Crippen LogP contribution in [0.25, 0.3) is 22.3 Å². The number of aliphatic carboxylic acids is 1. The zero-order valence-corrected chi connectivity index (χ0v) is 17.5. The molecule has 0 bridgehead atoms. The topological polar surface area (TPSA) is 196 Å². The summed E-state index contributed by atoms with van der Waals surface area (Å²) in [6.07, 6.45) is -9.78. The number of aliphatic hydroxyl groups is 3. The van der Waals surface area contributed by atoms with Crippen LogP contribution in [0.4, 0.5) is 0 Å². The fourth-order valence-corrected chi connectivity index (χ4v) is 3.64. The van der Waals surface area contributed by atoms with E-state index >= 15 is 0 Å². The molecular formula is C22H20O12. The van der Waals surface area contributed by atoms with Gasteiger partial charge in [0.25, 0.3) is 0 Å². The highest BCUT2D eigenvalue weighted by Crippen LogP contribution is 2.43. The Balaban J connectivity index is 1.94. The number of rotatable bonds is 5. The maximum atomic E-state index is 13.4. The van der Waals surface area contributed by atoms with Crippen LogP contribution in [0.15, 0.2) is 45.6 Å². The molecule has 1 aliphatic heterocycles. The molecule has 1 aliphatic rings. The number of phenolic OH excluding ortho intramolecular Hbond substituents is 2. The molecule has 0 spiro atoms. The minimum Gasteiger partial charge on any atom is -0.507 e. The Morgan fingerprint density at radius 2 is 1.65 bits per heavy atom. The molecule has 5 atom stereocenters. The molecule has 0 unspecified atom stereocenters. The summed E-state index contributed by atoms with van der Waals surface area (Å²) in [7, 11) is 1.21. The van der Waals surface area contributed by atoms with Crippen molar-refractivity contribution in [2.24, 2.45) is 0 Å². The molecule has 0 amide bonds. The molecule has 0 aliphatic carbocycles. The van der Waals surface area contributed by atoms with E-state index in [2.05, 4.69) is 0 Å². The summed E-state index contributed by atoms with van der Waals surface area (Å²) in [5, 5.41) is 59.5. The van der Waals surface area contributed by atoms with Crippen molar-refractivity contribution < 1.29 is 54.1 Å². The van der Waals surface area contributed by atoms with Gasteiger partial charge in [0.15, 0.2) is 23.2 Å². The summed E-state index contributed by atoms with van der Waals surface area (Å²) >= 11 is 0. The van der Waals surface area contributed by atoms with E-state index in [9.17, 15) is 40.2 Å². The zero-order valence-electron chi connectivity index (χ0n) is 17.5. The van der Waals surface area contributed by atoms with Crippen LogP contribution in [0.2, 0.25) is 0 Å². The molecule has 12 heteroatoms. The van der Waals surface area contributed by atoms with Crippen LogP contribution in [-0.2, 0) is 9.53 Å². The average Bonchev–Trinajstić information content (AvgIpc) is 2.80. The van der Waals surface area contributed by atoms with Gasteiger partial charge < -0.3 is 49.3 Å². The summed E-state index contributed by atoms with van der Waals surface area (Å²) in [6.45, 7) is 0. The highest BCUT2D eigenvalue weighted by molar-refractivity contribution is 5.93. The van der Waals surface area contributed by atoms with Crippen LogP contribution in [0.5, 0.6) is 23.0 Å². The second kappa shape index (κ2) is 8.83. The van der Waals surface area contributed by atoms with Crippen LogP contribution in [-0.4, -0.2) is 74.4 Å². The number of hydrogen-bond donors (Lipinski definition) is 6. The maximum absolute atomic E-state index is 13.4. The van der Waals surface area contributed by atoms with Crippen LogP contribution in [0, 0.1) is 0 Å². The number of phenols is 2. The van der Waals surface area contributed by atoms with Gasteiger partial charge in [-0.05, 0) is 0 Å². The van der Waals surface area contributed by atoms with Crippen LogP contribution in [0.1, 0.15) is 0 Å². The molecule has 180 valence electrons. The summed E-state index contributed by atoms with van der Waals surface area (Å²) < 4.78 is 21.5. The van der Waals surface area contributed by atoms with Gasteiger partial charge in [-0.25, -0.2) is 4.79 Å². The van der Waals surface area contributed by atoms with Crippen LogP contribution >= 0.6 is 0 Å². The molecule has 2 heterocycles. The predicted octanol–water partition coefficient (Wildman–Crippen LogP) is 0.151. The first-order valence-corrected chi connectivity index (χ1v) is 9.90. The van der Waals surface area contributed by atoms with E-state index in [-0.39, 0.29) is 17.1 Å². The molecule has 6 N–H and O–H groups in total. The van der Waals surface area contributed by atoms with Crippen molar-refractivity contribution in [3.05, 3.63) is 46.6 Å². The third-order valence-electron chi connectivity index (χ3n) is 5.33. The Bertz CT molecular complexity index is 1280. The van der Waals surface area contributed by atoms with E-state index in [1.165, 1.54) is 7.11 Å². The molecular weight excluding hydrogens is 456 g/mol. The van der Waals surface area contributed by atoms with Crippen molar-refractivity contribution in [2.75, 3.05) is 7.11 Å². The average molecular weight is 476 g/mol. The van der Waals surface area contributed by atoms with Crippen molar-refractivity contribution in [1.29, 1.82) is 0 Å². The van der Waals surface area contributed by atoms with E-state index in [0.717, 1.165) is 6.07 Å². The summed E-state index contributed by atoms with van der Waals surface area (Å²) in [6, 6.07) is 8.87. The molecule has 12 nitrogen and oxygen atoms in total. The first-order valence-electron chi connectivity index (χ1n) is 9.90. The van der Waals surface area contributed by atoms with Gasteiger partial charge in [-0.3, -0.25) is 4.79 Å². The molecule has 3 aromatic rings. The van der Waals surface area contributed by atoms with E-state index in [4.69, 9.17) is 18.6 Å². The van der Waals surface area contributed by atoms with Crippen molar-refractivity contribution in [3.63, 3.8) is 0 Å². The first kappa shape index (κ1) is 23.3. The minimum absolute atomic E-state index is 0.232. The van der Waals surface area contributed by atoms with Crippen molar-refractivity contribution in [1.82, 2.24) is 0 Å². The molecule has 2 aromatic carbocycles. The standard InChI is InChI=1S/C22H20O12/c1-31-17-10(24)7-9(23)11-12(25)19(16(32-18(11)17)8-5-3-2-4-6-8)33-22-15(28)13(26)14(27)20(34-22)21(29)30/h2-7,13-15,20,22-24,26-28H,1H3,(H,29,30)/t13-,14-,15+,20-,22+/m0/s1. The lowest BCUT2D eigenvalue weighted by Crippen LogP contribution is -2.61. The smallest absolute Gasteiger partial charge is 0.335 e. The highest BCUT2D eigenvalue weighted by atomic mass is 16.7. The lowest BCUT2D eigenvalue weighted by atomic mass is 9.99. The Kier molecular flexibility index (Phi) is 6.06. The normalized spacial score (nSPS) is 24.6. The Morgan fingerprint density at radius 1 is 0.971 bits per heavy atom. The second-order valence-electron chi connectivity index (χ2n) is 7.46. The third kappa shape index (κ3) is 3.78. The number of carboxylic acids is 1. The van der Waals surface area contributed by atoms with Crippen LogP contribution < -0.4 is 14.9 Å². The SMILES string of the molecule is COc1c(O)cc(O)c2c(=O)c(O[C@@H]3O[C@H](C(=O)O)[C@@H](O)[C@H](O)[C@H]3O)c(-c3ccccc3)oc12. The third-order valence-corrected chi connectivity index (χ3v) is 5.33. The largest absolute Gasteiger partial charge is 0.507 e. The highest BCUT2D eigenvalue weighted by Gasteiger charge is 2.48. The van der Waals surface area contributed by atoms with Gasteiger partial charge in [0, 0.05) is 11.6 Å². The lowest BCUT2D eigenvalue weighted by molar-refractivity contribution is -0.271. The molecule has 4 rings (SSSR count). The van der Waals surface area contributed by atoms with Gasteiger partial charge in [0.2, 0.25) is 23.2 Å². The number of methoxy groups -OCH3 is 1. The minimum atomic E-state index is -1.97. The molecule has 1 aromatic heterocycles. The number of benzene rings is 2. The molecule has 0 radical (unpaired) electrons. The molecule has 34 heavy (non-hydrogen) atoms. The molecule has 1 fully saturated rings. The van der Waals surface area contributed by atoms with Gasteiger partial charge in [0.05, 0.1) is 7.11 Å². The van der Waals surface area contributed by atoms with E-state index < -0.39 is 64.7 Å². The monoisotopic (exact) mass is 476 g/mol. The fraction of sp³-hybridized carbons (Fsp3) is 0.273. The first-order chi connectivity index (χ1) is 16.1. The van der Waals surface area contributed by atoms with E-state index in [0.29, 0.717) is 5.56 Å². The number of carbonyl (C=O) groups is 1. The number of aromatic hydroxyl groups is 2. The van der Waals surface area contributed by atoms with Gasteiger partial charge in [-0.1, -0.05) is 30.3 Å². The van der Waals surface area contributed by atoms with Gasteiger partial charge in [-0.2, -0.15) is 0 Å². The fourth-order valence-electron chi connectivity index (χ4n) is 3.64.